The van der Waals surface area contributed by atoms with Crippen LogP contribution < -0.4 is 5.32 Å². The fourth-order valence-electron chi connectivity index (χ4n) is 2.57. The number of carbonyl (C=O) groups is 1. The summed E-state index contributed by atoms with van der Waals surface area (Å²) in [6.07, 6.45) is 4.71. The maximum Gasteiger partial charge on any atom is 0.252 e. The van der Waals surface area contributed by atoms with Crippen molar-refractivity contribution >= 4 is 17.2 Å². The minimum absolute atomic E-state index is 0.0427. The van der Waals surface area contributed by atoms with Gasteiger partial charge in [0.1, 0.15) is 0 Å². The molecule has 5 heteroatoms. The van der Waals surface area contributed by atoms with Gasteiger partial charge in [0.15, 0.2) is 0 Å². The molecule has 2 aromatic rings. The molecule has 0 aliphatic heterocycles. The van der Waals surface area contributed by atoms with E-state index in [1.165, 1.54) is 10.4 Å². The quantitative estimate of drug-likeness (QED) is 0.913. The van der Waals surface area contributed by atoms with E-state index in [1.807, 2.05) is 17.6 Å². The minimum atomic E-state index is 0.0427. The van der Waals surface area contributed by atoms with Gasteiger partial charge in [-0.05, 0) is 30.4 Å². The van der Waals surface area contributed by atoms with Crippen molar-refractivity contribution in [2.24, 2.45) is 0 Å². The first-order valence-electron chi connectivity index (χ1n) is 7.04. The van der Waals surface area contributed by atoms with E-state index < -0.39 is 0 Å². The Morgan fingerprint density at radius 1 is 1.55 bits per heavy atom. The van der Waals surface area contributed by atoms with Crippen LogP contribution in [0, 0.1) is 0 Å². The van der Waals surface area contributed by atoms with Crippen LogP contribution >= 0.6 is 11.3 Å². The van der Waals surface area contributed by atoms with Crippen LogP contribution in [0.1, 0.15) is 52.7 Å². The first-order valence-corrected chi connectivity index (χ1v) is 7.92. The Morgan fingerprint density at radius 3 is 3.15 bits per heavy atom. The van der Waals surface area contributed by atoms with Crippen LogP contribution in [0.15, 0.2) is 17.6 Å². The molecule has 0 fully saturated rings. The molecule has 0 spiro atoms. The monoisotopic (exact) mass is 289 g/mol. The van der Waals surface area contributed by atoms with Crippen LogP contribution in [-0.4, -0.2) is 22.1 Å². The van der Waals surface area contributed by atoms with E-state index in [-0.39, 0.29) is 11.9 Å². The first kappa shape index (κ1) is 13.4. The smallest absolute Gasteiger partial charge is 0.252 e. The topological polar surface area (TPSA) is 57.8 Å². The number of thiophene rings is 1. The van der Waals surface area contributed by atoms with Crippen LogP contribution in [-0.2, 0) is 12.8 Å². The lowest BCUT2D eigenvalue weighted by molar-refractivity contribution is 0.0934. The average Bonchev–Trinajstić information content (AvgIpc) is 3.07. The Kier molecular flexibility index (Phi) is 3.61. The van der Waals surface area contributed by atoms with Crippen molar-refractivity contribution in [3.63, 3.8) is 0 Å². The zero-order valence-electron chi connectivity index (χ0n) is 11.8. The summed E-state index contributed by atoms with van der Waals surface area (Å²) >= 11 is 1.66. The number of aromatic amines is 1. The van der Waals surface area contributed by atoms with Crippen molar-refractivity contribution in [3.05, 3.63) is 39.3 Å². The maximum atomic E-state index is 12.3. The van der Waals surface area contributed by atoms with Gasteiger partial charge in [0.05, 0.1) is 11.8 Å². The van der Waals surface area contributed by atoms with Crippen LogP contribution in [0.4, 0.5) is 0 Å². The number of fused-ring (bicyclic) bond motifs is 1. The highest BCUT2D eigenvalue weighted by Gasteiger charge is 2.22. The minimum Gasteiger partial charge on any atom is -0.349 e. The molecule has 0 bridgehead atoms. The van der Waals surface area contributed by atoms with Gasteiger partial charge in [0, 0.05) is 28.4 Å². The molecule has 0 aromatic carbocycles. The highest BCUT2D eigenvalue weighted by Crippen LogP contribution is 2.24. The Bertz CT molecular complexity index is 614. The zero-order valence-corrected chi connectivity index (χ0v) is 12.6. The van der Waals surface area contributed by atoms with E-state index in [2.05, 4.69) is 29.4 Å². The Balaban J connectivity index is 1.64. The molecule has 2 aromatic heterocycles. The van der Waals surface area contributed by atoms with Gasteiger partial charge >= 0.3 is 0 Å². The van der Waals surface area contributed by atoms with Gasteiger partial charge in [-0.25, -0.2) is 0 Å². The molecule has 2 N–H and O–H groups in total. The molecule has 0 unspecified atom stereocenters. The number of H-pyrrole nitrogens is 1. The number of aryl methyl sites for hydroxylation is 1. The second kappa shape index (κ2) is 5.40. The number of aromatic nitrogens is 2. The van der Waals surface area contributed by atoms with Gasteiger partial charge in [-0.2, -0.15) is 5.10 Å². The number of hydrogen-bond acceptors (Lipinski definition) is 3. The second-order valence-electron chi connectivity index (χ2n) is 5.68. The molecule has 2 heterocycles. The lowest BCUT2D eigenvalue weighted by atomic mass is 9.93. The first-order chi connectivity index (χ1) is 9.63. The van der Waals surface area contributed by atoms with E-state index in [4.69, 9.17) is 0 Å². The van der Waals surface area contributed by atoms with Crippen molar-refractivity contribution in [3.8, 4) is 0 Å². The SMILES string of the molecule is CC(C)c1cc(C(=O)N[C@H]2CCc3cn[nH]c3C2)cs1. The summed E-state index contributed by atoms with van der Waals surface area (Å²) in [4.78, 5) is 13.5. The fourth-order valence-corrected chi connectivity index (χ4v) is 3.48. The largest absolute Gasteiger partial charge is 0.349 e. The van der Waals surface area contributed by atoms with E-state index in [1.54, 1.807) is 11.3 Å². The molecule has 1 amide bonds. The highest BCUT2D eigenvalue weighted by atomic mass is 32.1. The normalized spacial score (nSPS) is 18.1. The van der Waals surface area contributed by atoms with Crippen molar-refractivity contribution in [2.75, 3.05) is 0 Å². The third kappa shape index (κ3) is 2.63. The van der Waals surface area contributed by atoms with E-state index in [0.717, 1.165) is 30.5 Å². The Morgan fingerprint density at radius 2 is 2.40 bits per heavy atom. The summed E-state index contributed by atoms with van der Waals surface area (Å²) < 4.78 is 0. The van der Waals surface area contributed by atoms with E-state index in [0.29, 0.717) is 5.92 Å². The van der Waals surface area contributed by atoms with Gasteiger partial charge in [-0.15, -0.1) is 11.3 Å². The van der Waals surface area contributed by atoms with Crippen LogP contribution in [0.25, 0.3) is 0 Å². The number of carbonyl (C=O) groups excluding carboxylic acids is 1. The zero-order chi connectivity index (χ0) is 14.1. The molecule has 106 valence electrons. The number of rotatable bonds is 3. The molecule has 3 rings (SSSR count). The molecule has 1 aliphatic carbocycles. The summed E-state index contributed by atoms with van der Waals surface area (Å²) in [6, 6.07) is 2.22. The van der Waals surface area contributed by atoms with Crippen molar-refractivity contribution < 1.29 is 4.79 Å². The molecular weight excluding hydrogens is 270 g/mol. The lowest BCUT2D eigenvalue weighted by Crippen LogP contribution is -2.38. The lowest BCUT2D eigenvalue weighted by Gasteiger charge is -2.22. The predicted octanol–water partition coefficient (Wildman–Crippen LogP) is 2.88. The number of hydrogen-bond donors (Lipinski definition) is 2. The molecule has 0 saturated heterocycles. The van der Waals surface area contributed by atoms with Gasteiger partial charge in [-0.1, -0.05) is 13.8 Å². The highest BCUT2D eigenvalue weighted by molar-refractivity contribution is 7.10. The van der Waals surface area contributed by atoms with Crippen LogP contribution in [0.2, 0.25) is 0 Å². The van der Waals surface area contributed by atoms with E-state index >= 15 is 0 Å². The van der Waals surface area contributed by atoms with Gasteiger partial charge in [0.25, 0.3) is 5.91 Å². The number of nitrogens with zero attached hydrogens (tertiary/aromatic N) is 1. The summed E-state index contributed by atoms with van der Waals surface area (Å²) in [5, 5.41) is 12.2. The molecule has 0 radical (unpaired) electrons. The van der Waals surface area contributed by atoms with Crippen LogP contribution in [0.5, 0.6) is 0 Å². The summed E-state index contributed by atoms with van der Waals surface area (Å²) in [7, 11) is 0. The molecule has 20 heavy (non-hydrogen) atoms. The summed E-state index contributed by atoms with van der Waals surface area (Å²) in [5.74, 6) is 0.518. The number of nitrogens with one attached hydrogen (secondary N) is 2. The van der Waals surface area contributed by atoms with E-state index in [9.17, 15) is 4.79 Å². The second-order valence-corrected chi connectivity index (χ2v) is 6.62. The third-order valence-corrected chi connectivity index (χ3v) is 5.04. The van der Waals surface area contributed by atoms with Crippen molar-refractivity contribution in [1.82, 2.24) is 15.5 Å². The molecule has 1 atom stereocenters. The van der Waals surface area contributed by atoms with Gasteiger partial charge in [-0.3, -0.25) is 9.89 Å². The van der Waals surface area contributed by atoms with Crippen molar-refractivity contribution in [1.29, 1.82) is 0 Å². The Labute approximate surface area is 122 Å². The van der Waals surface area contributed by atoms with Gasteiger partial charge in [0.2, 0.25) is 0 Å². The Hall–Kier alpha value is -1.62. The third-order valence-electron chi connectivity index (χ3n) is 3.81. The van der Waals surface area contributed by atoms with Gasteiger partial charge < -0.3 is 5.32 Å². The fraction of sp³-hybridized carbons (Fsp3) is 0.467. The average molecular weight is 289 g/mol. The predicted molar refractivity (Wildman–Crippen MR) is 80.3 cm³/mol. The molecular formula is C15H19N3OS. The summed E-state index contributed by atoms with van der Waals surface area (Å²) in [6.45, 7) is 4.29. The molecule has 4 nitrogen and oxygen atoms in total. The molecule has 0 saturated carbocycles. The number of amides is 1. The molecule has 1 aliphatic rings. The van der Waals surface area contributed by atoms with Crippen LogP contribution in [0.3, 0.4) is 0 Å². The summed E-state index contributed by atoms with van der Waals surface area (Å²) in [5.41, 5.74) is 3.23. The maximum absolute atomic E-state index is 12.3. The van der Waals surface area contributed by atoms with Crippen molar-refractivity contribution in [2.45, 2.75) is 45.1 Å². The standard InChI is InChI=1S/C15H19N3OS/c1-9(2)14-5-11(8-20-14)15(19)17-12-4-3-10-7-16-18-13(10)6-12/h5,7-9,12H,3-4,6H2,1-2H3,(H,16,18)(H,17,19)/t12-/m0/s1.